The molecule has 2 fully saturated rings. The molecule has 2 saturated heterocycles. The number of piperidine rings is 1. The highest BCUT2D eigenvalue weighted by molar-refractivity contribution is 6.07. The zero-order chi connectivity index (χ0) is 19.4. The Labute approximate surface area is 160 Å². The van der Waals surface area contributed by atoms with Gasteiger partial charge < -0.3 is 5.32 Å². The SMILES string of the molecule is C[C@H]1CCCN(CC(=O)NN2C(=O)N[C@](C)(CCc3ccccc3)C2=O)C1. The van der Waals surface area contributed by atoms with Crippen LogP contribution in [0.1, 0.15) is 38.7 Å². The molecule has 0 spiro atoms. The second-order valence-electron chi connectivity index (χ2n) is 7.91. The lowest BCUT2D eigenvalue weighted by atomic mass is 9.93. The molecule has 1 aromatic rings. The summed E-state index contributed by atoms with van der Waals surface area (Å²) in [5.74, 6) is -0.187. The molecule has 0 aliphatic carbocycles. The second-order valence-corrected chi connectivity index (χ2v) is 7.91. The molecular weight excluding hydrogens is 344 g/mol. The molecule has 3 rings (SSSR count). The lowest BCUT2D eigenvalue weighted by Crippen LogP contribution is -2.52. The van der Waals surface area contributed by atoms with Crippen molar-refractivity contribution in [1.29, 1.82) is 0 Å². The molecule has 0 bridgehead atoms. The normalized spacial score (nSPS) is 26.1. The number of rotatable bonds is 6. The van der Waals surface area contributed by atoms with Crippen molar-refractivity contribution in [3.8, 4) is 0 Å². The fourth-order valence-electron chi connectivity index (χ4n) is 3.79. The summed E-state index contributed by atoms with van der Waals surface area (Å²) in [5.41, 5.74) is 2.57. The molecule has 2 heterocycles. The highest BCUT2D eigenvalue weighted by atomic mass is 16.2. The van der Waals surface area contributed by atoms with Crippen LogP contribution in [0.25, 0.3) is 0 Å². The number of nitrogens with one attached hydrogen (secondary N) is 2. The average Bonchev–Trinajstić information content (AvgIpc) is 2.84. The summed E-state index contributed by atoms with van der Waals surface area (Å²) >= 11 is 0. The molecule has 2 aliphatic rings. The van der Waals surface area contributed by atoms with Gasteiger partial charge in [-0.25, -0.2) is 4.79 Å². The van der Waals surface area contributed by atoms with Gasteiger partial charge in [0.15, 0.2) is 0 Å². The van der Waals surface area contributed by atoms with Crippen LogP contribution in [0.3, 0.4) is 0 Å². The van der Waals surface area contributed by atoms with E-state index in [1.807, 2.05) is 30.3 Å². The minimum absolute atomic E-state index is 0.197. The van der Waals surface area contributed by atoms with E-state index >= 15 is 0 Å². The molecule has 0 aromatic heterocycles. The summed E-state index contributed by atoms with van der Waals surface area (Å²) in [5, 5.41) is 3.56. The van der Waals surface area contributed by atoms with Crippen molar-refractivity contribution in [1.82, 2.24) is 20.7 Å². The highest BCUT2D eigenvalue weighted by Crippen LogP contribution is 2.22. The number of benzene rings is 1. The van der Waals surface area contributed by atoms with Crippen LogP contribution in [0.4, 0.5) is 4.79 Å². The van der Waals surface area contributed by atoms with Gasteiger partial charge in [0.05, 0.1) is 6.54 Å². The number of hydrogen-bond donors (Lipinski definition) is 2. The second kappa shape index (κ2) is 8.08. The first-order chi connectivity index (χ1) is 12.9. The van der Waals surface area contributed by atoms with Crippen LogP contribution in [0.5, 0.6) is 0 Å². The lowest BCUT2D eigenvalue weighted by Gasteiger charge is -2.30. The van der Waals surface area contributed by atoms with Gasteiger partial charge in [-0.15, -0.1) is 0 Å². The summed E-state index contributed by atoms with van der Waals surface area (Å²) in [7, 11) is 0. The van der Waals surface area contributed by atoms with E-state index in [1.54, 1.807) is 6.92 Å². The maximum atomic E-state index is 12.8. The number of likely N-dealkylation sites (tertiary alicyclic amines) is 1. The van der Waals surface area contributed by atoms with Gasteiger partial charge in [0, 0.05) is 6.54 Å². The molecule has 27 heavy (non-hydrogen) atoms. The molecule has 2 N–H and O–H groups in total. The van der Waals surface area contributed by atoms with Gasteiger partial charge in [0.25, 0.3) is 11.8 Å². The van der Waals surface area contributed by atoms with E-state index in [1.165, 1.54) is 6.42 Å². The van der Waals surface area contributed by atoms with Crippen molar-refractivity contribution in [2.24, 2.45) is 5.92 Å². The predicted octanol–water partition coefficient (Wildman–Crippen LogP) is 1.69. The number of hydrazine groups is 1. The van der Waals surface area contributed by atoms with E-state index in [-0.39, 0.29) is 12.5 Å². The number of carbonyl (C=O) groups is 3. The number of amides is 4. The molecular formula is C20H28N4O3. The van der Waals surface area contributed by atoms with Gasteiger partial charge in [-0.3, -0.25) is 19.9 Å². The van der Waals surface area contributed by atoms with E-state index in [0.717, 1.165) is 30.1 Å². The van der Waals surface area contributed by atoms with Crippen molar-refractivity contribution in [2.45, 2.75) is 45.1 Å². The molecule has 1 aromatic carbocycles. The van der Waals surface area contributed by atoms with Gasteiger partial charge >= 0.3 is 6.03 Å². The topological polar surface area (TPSA) is 81.8 Å². The van der Waals surface area contributed by atoms with Crippen LogP contribution in [0.2, 0.25) is 0 Å². The smallest absolute Gasteiger partial charge is 0.322 e. The summed E-state index contributed by atoms with van der Waals surface area (Å²) in [6.07, 6.45) is 3.37. The van der Waals surface area contributed by atoms with E-state index in [9.17, 15) is 14.4 Å². The van der Waals surface area contributed by atoms with Gasteiger partial charge in [-0.1, -0.05) is 37.3 Å². The first kappa shape index (κ1) is 19.4. The third-order valence-electron chi connectivity index (χ3n) is 5.36. The first-order valence-electron chi connectivity index (χ1n) is 9.60. The first-order valence-corrected chi connectivity index (χ1v) is 9.60. The quantitative estimate of drug-likeness (QED) is 0.745. The number of hydrogen-bond acceptors (Lipinski definition) is 4. The molecule has 0 saturated carbocycles. The van der Waals surface area contributed by atoms with Crippen molar-refractivity contribution >= 4 is 17.8 Å². The highest BCUT2D eigenvalue weighted by Gasteiger charge is 2.48. The summed E-state index contributed by atoms with van der Waals surface area (Å²) in [6, 6.07) is 9.24. The number of carbonyl (C=O) groups excluding carboxylic acids is 3. The van der Waals surface area contributed by atoms with E-state index < -0.39 is 17.5 Å². The van der Waals surface area contributed by atoms with Crippen molar-refractivity contribution in [3.05, 3.63) is 35.9 Å². The number of nitrogens with zero attached hydrogens (tertiary/aromatic N) is 2. The van der Waals surface area contributed by atoms with Crippen LogP contribution in [-0.4, -0.2) is 52.9 Å². The molecule has 0 unspecified atom stereocenters. The van der Waals surface area contributed by atoms with Crippen LogP contribution >= 0.6 is 0 Å². The summed E-state index contributed by atoms with van der Waals surface area (Å²) < 4.78 is 0. The van der Waals surface area contributed by atoms with E-state index in [4.69, 9.17) is 0 Å². The Kier molecular flexibility index (Phi) is 5.79. The Bertz CT molecular complexity index is 708. The molecule has 7 heteroatoms. The standard InChI is InChI=1S/C20H28N4O3/c1-15-7-6-12-23(13-15)14-17(25)22-24-18(26)20(2,21-19(24)27)11-10-16-8-4-3-5-9-16/h3-5,8-9,15H,6-7,10-14H2,1-2H3,(H,21,27)(H,22,25)/t15-,20+/m0/s1. The Morgan fingerprint density at radius 3 is 2.74 bits per heavy atom. The van der Waals surface area contributed by atoms with Gasteiger partial charge in [0.2, 0.25) is 0 Å². The van der Waals surface area contributed by atoms with Crippen LogP contribution in [-0.2, 0) is 16.0 Å². The molecule has 2 aliphatic heterocycles. The third-order valence-corrected chi connectivity index (χ3v) is 5.36. The third kappa shape index (κ3) is 4.66. The van der Waals surface area contributed by atoms with Crippen molar-refractivity contribution < 1.29 is 14.4 Å². The van der Waals surface area contributed by atoms with Crippen molar-refractivity contribution in [2.75, 3.05) is 19.6 Å². The monoisotopic (exact) mass is 372 g/mol. The molecule has 0 radical (unpaired) electrons. The van der Waals surface area contributed by atoms with Gasteiger partial charge in [-0.2, -0.15) is 5.01 Å². The molecule has 146 valence electrons. The number of urea groups is 1. The van der Waals surface area contributed by atoms with E-state index in [0.29, 0.717) is 18.8 Å². The van der Waals surface area contributed by atoms with Crippen LogP contribution < -0.4 is 10.7 Å². The van der Waals surface area contributed by atoms with Gasteiger partial charge in [-0.05, 0) is 50.6 Å². The lowest BCUT2D eigenvalue weighted by molar-refractivity contribution is -0.139. The zero-order valence-corrected chi connectivity index (χ0v) is 16.0. The number of aryl methyl sites for hydroxylation is 1. The predicted molar refractivity (Wildman–Crippen MR) is 102 cm³/mol. The number of imide groups is 1. The maximum absolute atomic E-state index is 12.8. The largest absolute Gasteiger partial charge is 0.344 e. The van der Waals surface area contributed by atoms with Crippen molar-refractivity contribution in [3.63, 3.8) is 0 Å². The zero-order valence-electron chi connectivity index (χ0n) is 16.0. The minimum atomic E-state index is -1.01. The Morgan fingerprint density at radius 2 is 2.04 bits per heavy atom. The van der Waals surface area contributed by atoms with Gasteiger partial charge in [0.1, 0.15) is 5.54 Å². The maximum Gasteiger partial charge on any atom is 0.344 e. The minimum Gasteiger partial charge on any atom is -0.322 e. The molecule has 7 nitrogen and oxygen atoms in total. The molecule has 2 atom stereocenters. The Hall–Kier alpha value is -2.41. The Balaban J connectivity index is 1.55. The fourth-order valence-corrected chi connectivity index (χ4v) is 3.79. The molecule has 4 amide bonds. The average molecular weight is 372 g/mol. The summed E-state index contributed by atoms with van der Waals surface area (Å²) in [4.78, 5) is 39.4. The fraction of sp³-hybridized carbons (Fsp3) is 0.550. The van der Waals surface area contributed by atoms with E-state index in [2.05, 4.69) is 22.6 Å². The Morgan fingerprint density at radius 1 is 1.30 bits per heavy atom. The van der Waals surface area contributed by atoms with Crippen LogP contribution in [0, 0.1) is 5.92 Å². The summed E-state index contributed by atoms with van der Waals surface area (Å²) in [6.45, 7) is 5.80. The van der Waals surface area contributed by atoms with Crippen LogP contribution in [0.15, 0.2) is 30.3 Å².